The molecule has 7 heteroatoms. The van der Waals surface area contributed by atoms with Crippen LogP contribution in [0.25, 0.3) is 5.57 Å². The molecular formula is C45H55ClN2O3Si. The van der Waals surface area contributed by atoms with Crippen molar-refractivity contribution in [3.05, 3.63) is 131 Å². The zero-order chi connectivity index (χ0) is 36.9. The molecule has 0 spiro atoms. The fourth-order valence-electron chi connectivity index (χ4n) is 8.50. The molecule has 4 aromatic rings. The highest BCUT2D eigenvalue weighted by atomic mass is 35.5. The first kappa shape index (κ1) is 38.1. The number of allylic oxidation sites excluding steroid dienone is 1. The first-order valence-electron chi connectivity index (χ1n) is 18.8. The van der Waals surface area contributed by atoms with Crippen LogP contribution in [0.1, 0.15) is 76.2 Å². The van der Waals surface area contributed by atoms with Gasteiger partial charge in [-0.15, -0.1) is 0 Å². The van der Waals surface area contributed by atoms with E-state index in [4.69, 9.17) is 20.8 Å². The molecule has 0 bridgehead atoms. The van der Waals surface area contributed by atoms with E-state index in [2.05, 4.69) is 129 Å². The Labute approximate surface area is 317 Å². The minimum Gasteiger partial charge on any atom is -0.465 e. The second kappa shape index (κ2) is 16.1. The summed E-state index contributed by atoms with van der Waals surface area (Å²) in [5.74, 6) is -0.313. The maximum Gasteiger partial charge on any atom is 0.337 e. The van der Waals surface area contributed by atoms with E-state index in [1.54, 1.807) is 5.57 Å². The second-order valence-corrected chi connectivity index (χ2v) is 21.1. The highest BCUT2D eigenvalue weighted by Gasteiger charge is 2.50. The fraction of sp³-hybridized carbons (Fsp3) is 0.400. The topological polar surface area (TPSA) is 42.0 Å². The monoisotopic (exact) mass is 734 g/mol. The summed E-state index contributed by atoms with van der Waals surface area (Å²) in [5, 5.41) is 3.29. The third kappa shape index (κ3) is 8.42. The summed E-state index contributed by atoms with van der Waals surface area (Å²) in [6, 6.07) is 38.4. The van der Waals surface area contributed by atoms with Crippen LogP contribution in [0.2, 0.25) is 10.1 Å². The Morgan fingerprint density at radius 1 is 0.865 bits per heavy atom. The van der Waals surface area contributed by atoms with E-state index in [9.17, 15) is 4.79 Å². The molecule has 0 amide bonds. The Balaban J connectivity index is 1.30. The van der Waals surface area contributed by atoms with Gasteiger partial charge in [0.2, 0.25) is 0 Å². The average Bonchev–Trinajstić information content (AvgIpc) is 3.14. The number of hydrogen-bond donors (Lipinski definition) is 0. The predicted octanol–water partition coefficient (Wildman–Crippen LogP) is 9.25. The van der Waals surface area contributed by atoms with Crippen molar-refractivity contribution in [1.82, 2.24) is 4.90 Å². The molecule has 274 valence electrons. The van der Waals surface area contributed by atoms with Crippen LogP contribution < -0.4 is 15.3 Å². The van der Waals surface area contributed by atoms with Crippen LogP contribution in [0, 0.1) is 5.41 Å². The molecule has 0 N–H and O–H groups in total. The molecule has 0 unspecified atom stereocenters. The highest BCUT2D eigenvalue weighted by molar-refractivity contribution is 6.99. The Hall–Kier alpha value is -3.68. The van der Waals surface area contributed by atoms with Gasteiger partial charge in [0.15, 0.2) is 0 Å². The maximum atomic E-state index is 12.3. The third-order valence-corrected chi connectivity index (χ3v) is 16.4. The quantitative estimate of drug-likeness (QED) is 0.114. The second-order valence-electron chi connectivity index (χ2n) is 16.4. The molecule has 6 rings (SSSR count). The first-order chi connectivity index (χ1) is 24.9. The van der Waals surface area contributed by atoms with E-state index in [0.717, 1.165) is 56.2 Å². The number of anilines is 1. The molecule has 1 fully saturated rings. The number of nitrogens with zero attached hydrogens (tertiary/aromatic N) is 2. The Morgan fingerprint density at radius 3 is 2.06 bits per heavy atom. The lowest BCUT2D eigenvalue weighted by Gasteiger charge is -2.46. The molecule has 1 atom stereocenters. The number of ether oxygens (including phenoxy) is 1. The van der Waals surface area contributed by atoms with Gasteiger partial charge in [0.25, 0.3) is 8.32 Å². The van der Waals surface area contributed by atoms with Crippen LogP contribution in [-0.4, -0.2) is 65.1 Å². The number of hydrogen-bond acceptors (Lipinski definition) is 5. The molecular weight excluding hydrogens is 680 g/mol. The zero-order valence-corrected chi connectivity index (χ0v) is 33.6. The van der Waals surface area contributed by atoms with Crippen LogP contribution >= 0.6 is 11.6 Å². The Bertz CT molecular complexity index is 1780. The summed E-state index contributed by atoms with van der Waals surface area (Å²) < 4.78 is 12.4. The summed E-state index contributed by atoms with van der Waals surface area (Å²) in [7, 11) is -1.25. The summed E-state index contributed by atoms with van der Waals surface area (Å²) in [6.45, 7) is 16.2. The van der Waals surface area contributed by atoms with Crippen molar-refractivity contribution in [3.63, 3.8) is 0 Å². The number of halogens is 1. The van der Waals surface area contributed by atoms with E-state index in [1.807, 2.05) is 24.3 Å². The van der Waals surface area contributed by atoms with Crippen molar-refractivity contribution in [3.8, 4) is 0 Å². The standard InChI is InChI=1S/C45H55ClN2O3Si/c1-44(2,3)52(40-13-9-7-10-14-40,41-15-11-8-12-16-41)51-30-26-39-33-47(28-29-48(39)38-23-19-35(20-24-38)43(49)50-6)32-36-31-45(4,5)27-25-42(36)34-17-21-37(46)22-18-34/h7-24,39H,25-33H2,1-6H3/t39-/m0/s1. The van der Waals surface area contributed by atoms with Gasteiger partial charge in [-0.3, -0.25) is 4.90 Å². The van der Waals surface area contributed by atoms with Gasteiger partial charge < -0.3 is 14.1 Å². The summed E-state index contributed by atoms with van der Waals surface area (Å²) in [6.07, 6.45) is 4.26. The fourth-order valence-corrected chi connectivity index (χ4v) is 13.2. The number of carbonyl (C=O) groups is 1. The van der Waals surface area contributed by atoms with Gasteiger partial charge >= 0.3 is 5.97 Å². The first-order valence-corrected chi connectivity index (χ1v) is 21.1. The SMILES string of the molecule is COC(=O)c1ccc(N2CCN(CC3=C(c4ccc(Cl)cc4)CCC(C)(C)C3)C[C@@H]2CCO[Si](c2ccccc2)(c2ccccc2)C(C)(C)C)cc1. The van der Waals surface area contributed by atoms with Crippen LogP contribution in [-0.2, 0) is 9.16 Å². The number of rotatable bonds is 11. The molecule has 0 saturated carbocycles. The molecule has 4 aromatic carbocycles. The summed E-state index contributed by atoms with van der Waals surface area (Å²) in [5.41, 5.74) is 6.31. The van der Waals surface area contributed by atoms with Gasteiger partial charge in [-0.25, -0.2) is 4.79 Å². The van der Waals surface area contributed by atoms with Gasteiger partial charge in [0.1, 0.15) is 0 Å². The zero-order valence-electron chi connectivity index (χ0n) is 31.8. The van der Waals surface area contributed by atoms with Crippen molar-refractivity contribution in [2.24, 2.45) is 5.41 Å². The van der Waals surface area contributed by atoms with Crippen molar-refractivity contribution in [1.29, 1.82) is 0 Å². The van der Waals surface area contributed by atoms with Crippen molar-refractivity contribution >= 4 is 47.5 Å². The van der Waals surface area contributed by atoms with Crippen molar-refractivity contribution in [2.75, 3.05) is 44.8 Å². The number of benzene rings is 4. The van der Waals surface area contributed by atoms with Crippen molar-refractivity contribution < 1.29 is 14.0 Å². The summed E-state index contributed by atoms with van der Waals surface area (Å²) in [4.78, 5) is 17.5. The predicted molar refractivity (Wildman–Crippen MR) is 220 cm³/mol. The van der Waals surface area contributed by atoms with Gasteiger partial charge in [-0.1, -0.05) is 125 Å². The molecule has 1 saturated heterocycles. The smallest absolute Gasteiger partial charge is 0.337 e. The van der Waals surface area contributed by atoms with Gasteiger partial charge in [-0.05, 0) is 94.0 Å². The lowest BCUT2D eigenvalue weighted by atomic mass is 9.72. The van der Waals surface area contributed by atoms with E-state index >= 15 is 0 Å². The van der Waals surface area contributed by atoms with Crippen molar-refractivity contribution in [2.45, 2.75) is 71.4 Å². The number of methoxy groups -OCH3 is 1. The molecule has 0 aromatic heterocycles. The lowest BCUT2D eigenvalue weighted by Crippen LogP contribution is -2.66. The van der Waals surface area contributed by atoms with Gasteiger partial charge in [0.05, 0.1) is 12.7 Å². The van der Waals surface area contributed by atoms with E-state index < -0.39 is 8.32 Å². The Kier molecular flexibility index (Phi) is 11.8. The maximum absolute atomic E-state index is 12.3. The number of carbonyl (C=O) groups excluding carboxylic acids is 1. The highest BCUT2D eigenvalue weighted by Crippen LogP contribution is 2.43. The molecule has 52 heavy (non-hydrogen) atoms. The molecule has 5 nitrogen and oxygen atoms in total. The molecule has 1 aliphatic carbocycles. The Morgan fingerprint density at radius 2 is 1.48 bits per heavy atom. The molecule has 2 aliphatic rings. The van der Waals surface area contributed by atoms with Crippen LogP contribution in [0.5, 0.6) is 0 Å². The largest absolute Gasteiger partial charge is 0.465 e. The van der Waals surface area contributed by atoms with Gasteiger partial charge in [-0.2, -0.15) is 0 Å². The number of esters is 1. The minimum absolute atomic E-state index is 0.0873. The van der Waals surface area contributed by atoms with E-state index in [0.29, 0.717) is 12.2 Å². The minimum atomic E-state index is -2.68. The van der Waals surface area contributed by atoms with Crippen LogP contribution in [0.4, 0.5) is 5.69 Å². The van der Waals surface area contributed by atoms with E-state index in [1.165, 1.54) is 35.0 Å². The van der Waals surface area contributed by atoms with Gasteiger partial charge in [0, 0.05) is 49.5 Å². The molecule has 0 radical (unpaired) electrons. The van der Waals surface area contributed by atoms with Crippen LogP contribution in [0.15, 0.2) is 115 Å². The number of piperazine rings is 1. The molecule has 1 heterocycles. The molecule has 1 aliphatic heterocycles. The summed E-state index contributed by atoms with van der Waals surface area (Å²) >= 11 is 6.30. The van der Waals surface area contributed by atoms with Crippen LogP contribution in [0.3, 0.4) is 0 Å². The lowest BCUT2D eigenvalue weighted by molar-refractivity contribution is 0.0600. The average molecular weight is 735 g/mol. The normalized spacial score (nSPS) is 18.4. The third-order valence-electron chi connectivity index (χ3n) is 11.2. The van der Waals surface area contributed by atoms with E-state index in [-0.39, 0.29) is 22.5 Å².